The zero-order chi connectivity index (χ0) is 9.68. The molecule has 13 heavy (non-hydrogen) atoms. The molecule has 1 fully saturated rings. The van der Waals surface area contributed by atoms with Crippen LogP contribution in [0.5, 0.6) is 0 Å². The number of piperidine rings is 1. The molecule has 5 heteroatoms. The van der Waals surface area contributed by atoms with Crippen molar-refractivity contribution in [3.63, 3.8) is 0 Å². The molecule has 0 aromatic carbocycles. The molecule has 0 radical (unpaired) electrons. The highest BCUT2D eigenvalue weighted by atomic mass is 16.3. The van der Waals surface area contributed by atoms with Crippen molar-refractivity contribution >= 4 is 0 Å². The standard InChI is InChI=1S/C8H14N4O/c1-8-4-2-3-6-11(8)12(10-13)7-5-9/h8H,2-4,6-7H2,1H3. The SMILES string of the molecule is CC1CCCCN1N(CC#N)N=O. The smallest absolute Gasteiger partial charge is 0.143 e. The summed E-state index contributed by atoms with van der Waals surface area (Å²) in [5, 5.41) is 14.4. The molecule has 1 aliphatic heterocycles. The van der Waals surface area contributed by atoms with Gasteiger partial charge in [-0.1, -0.05) is 6.42 Å². The van der Waals surface area contributed by atoms with Crippen LogP contribution in [0.1, 0.15) is 26.2 Å². The van der Waals surface area contributed by atoms with E-state index in [-0.39, 0.29) is 6.54 Å². The van der Waals surface area contributed by atoms with Gasteiger partial charge in [-0.05, 0) is 19.8 Å². The lowest BCUT2D eigenvalue weighted by Crippen LogP contribution is -2.47. The normalized spacial score (nSPS) is 23.5. The van der Waals surface area contributed by atoms with Crippen LogP contribution < -0.4 is 0 Å². The lowest BCUT2D eigenvalue weighted by Gasteiger charge is -2.36. The molecule has 0 aromatic rings. The Hall–Kier alpha value is -1.15. The highest BCUT2D eigenvalue weighted by Gasteiger charge is 2.23. The average molecular weight is 182 g/mol. The molecule has 5 nitrogen and oxygen atoms in total. The molecule has 0 saturated carbocycles. The van der Waals surface area contributed by atoms with Crippen LogP contribution in [0.4, 0.5) is 0 Å². The third-order valence-corrected chi connectivity index (χ3v) is 2.37. The van der Waals surface area contributed by atoms with Crippen molar-refractivity contribution < 1.29 is 0 Å². The van der Waals surface area contributed by atoms with Crippen LogP contribution in [0.25, 0.3) is 0 Å². The molecule has 72 valence electrons. The lowest BCUT2D eigenvalue weighted by molar-refractivity contribution is -0.0637. The summed E-state index contributed by atoms with van der Waals surface area (Å²) < 4.78 is 0. The predicted octanol–water partition coefficient (Wildman–Crippen LogP) is 1.28. The van der Waals surface area contributed by atoms with Gasteiger partial charge < -0.3 is 0 Å². The summed E-state index contributed by atoms with van der Waals surface area (Å²) in [6.07, 6.45) is 3.33. The molecular formula is C8H14N4O. The minimum atomic E-state index is 0.0494. The van der Waals surface area contributed by atoms with Crippen molar-refractivity contribution in [1.29, 1.82) is 5.26 Å². The Balaban J connectivity index is 2.55. The zero-order valence-electron chi connectivity index (χ0n) is 7.81. The largest absolute Gasteiger partial charge is 0.198 e. The van der Waals surface area contributed by atoms with Crippen LogP contribution in [0, 0.1) is 16.2 Å². The molecule has 1 rings (SSSR count). The monoisotopic (exact) mass is 182 g/mol. The molecule has 1 aliphatic rings. The first-order valence-electron chi connectivity index (χ1n) is 4.54. The Kier molecular flexibility index (Phi) is 3.65. The van der Waals surface area contributed by atoms with Crippen LogP contribution in [0.3, 0.4) is 0 Å². The van der Waals surface area contributed by atoms with E-state index in [4.69, 9.17) is 5.26 Å². The Labute approximate surface area is 77.8 Å². The quantitative estimate of drug-likeness (QED) is 0.375. The van der Waals surface area contributed by atoms with Gasteiger partial charge in [-0.3, -0.25) is 0 Å². The molecule has 0 N–H and O–H groups in total. The van der Waals surface area contributed by atoms with Gasteiger partial charge in [-0.25, -0.2) is 0 Å². The van der Waals surface area contributed by atoms with Gasteiger partial charge in [0, 0.05) is 12.6 Å². The summed E-state index contributed by atoms with van der Waals surface area (Å²) in [4.78, 5) is 10.4. The van der Waals surface area contributed by atoms with Crippen LogP contribution in [-0.4, -0.2) is 29.3 Å². The first kappa shape index (κ1) is 9.93. The van der Waals surface area contributed by atoms with Gasteiger partial charge in [0.15, 0.2) is 0 Å². The maximum Gasteiger partial charge on any atom is 0.143 e. The molecule has 0 spiro atoms. The van der Waals surface area contributed by atoms with Gasteiger partial charge >= 0.3 is 0 Å². The molecule has 1 unspecified atom stereocenters. The topological polar surface area (TPSA) is 59.7 Å². The fourth-order valence-electron chi connectivity index (χ4n) is 1.66. The Morgan fingerprint density at radius 3 is 3.00 bits per heavy atom. The Morgan fingerprint density at radius 1 is 1.69 bits per heavy atom. The van der Waals surface area contributed by atoms with E-state index in [0.717, 1.165) is 19.4 Å². The summed E-state index contributed by atoms with van der Waals surface area (Å²) in [6, 6.07) is 2.25. The van der Waals surface area contributed by atoms with E-state index in [1.807, 2.05) is 11.1 Å². The second-order valence-electron chi connectivity index (χ2n) is 3.28. The maximum atomic E-state index is 10.4. The molecule has 0 aromatic heterocycles. The van der Waals surface area contributed by atoms with Crippen molar-refractivity contribution in [1.82, 2.24) is 10.1 Å². The Bertz CT molecular complexity index is 213. The molecule has 0 bridgehead atoms. The van der Waals surface area contributed by atoms with Crippen molar-refractivity contribution in [3.05, 3.63) is 4.91 Å². The fraction of sp³-hybridized carbons (Fsp3) is 0.875. The first-order chi connectivity index (χ1) is 6.29. The van der Waals surface area contributed by atoms with Crippen molar-refractivity contribution in [3.8, 4) is 6.07 Å². The van der Waals surface area contributed by atoms with Crippen molar-refractivity contribution in [2.45, 2.75) is 32.2 Å². The van der Waals surface area contributed by atoms with E-state index in [1.165, 1.54) is 11.5 Å². The van der Waals surface area contributed by atoms with Gasteiger partial charge in [0.2, 0.25) is 0 Å². The number of rotatable bonds is 3. The first-order valence-corrected chi connectivity index (χ1v) is 4.54. The van der Waals surface area contributed by atoms with Crippen molar-refractivity contribution in [2.75, 3.05) is 13.1 Å². The number of nitrogens with zero attached hydrogens (tertiary/aromatic N) is 4. The maximum absolute atomic E-state index is 10.4. The van der Waals surface area contributed by atoms with Gasteiger partial charge in [-0.15, -0.1) is 4.91 Å². The van der Waals surface area contributed by atoms with E-state index in [9.17, 15) is 4.91 Å². The van der Waals surface area contributed by atoms with Gasteiger partial charge in [0.1, 0.15) is 6.54 Å². The van der Waals surface area contributed by atoms with Gasteiger partial charge in [0.25, 0.3) is 0 Å². The number of nitroso groups, excluding NO2 is 1. The summed E-state index contributed by atoms with van der Waals surface area (Å²) >= 11 is 0. The van der Waals surface area contributed by atoms with Crippen LogP contribution in [-0.2, 0) is 0 Å². The van der Waals surface area contributed by atoms with Crippen LogP contribution in [0.2, 0.25) is 0 Å². The third-order valence-electron chi connectivity index (χ3n) is 2.37. The van der Waals surface area contributed by atoms with Crippen LogP contribution >= 0.6 is 0 Å². The highest BCUT2D eigenvalue weighted by Crippen LogP contribution is 2.18. The van der Waals surface area contributed by atoms with E-state index >= 15 is 0 Å². The molecule has 0 aliphatic carbocycles. The molecule has 1 atom stereocenters. The third kappa shape index (κ3) is 2.39. The van der Waals surface area contributed by atoms with E-state index < -0.39 is 0 Å². The van der Waals surface area contributed by atoms with E-state index in [2.05, 4.69) is 12.2 Å². The van der Waals surface area contributed by atoms with E-state index in [0.29, 0.717) is 6.04 Å². The predicted molar refractivity (Wildman–Crippen MR) is 48.1 cm³/mol. The number of nitriles is 1. The summed E-state index contributed by atoms with van der Waals surface area (Å²) in [6.45, 7) is 2.93. The second kappa shape index (κ2) is 4.77. The molecule has 1 heterocycles. The summed E-state index contributed by atoms with van der Waals surface area (Å²) in [5.41, 5.74) is 0. The minimum absolute atomic E-state index is 0.0494. The summed E-state index contributed by atoms with van der Waals surface area (Å²) in [7, 11) is 0. The number of hydrogen-bond donors (Lipinski definition) is 0. The minimum Gasteiger partial charge on any atom is -0.198 e. The van der Waals surface area contributed by atoms with Gasteiger partial charge in [0.05, 0.1) is 11.4 Å². The van der Waals surface area contributed by atoms with E-state index in [1.54, 1.807) is 0 Å². The summed E-state index contributed by atoms with van der Waals surface area (Å²) in [5.74, 6) is 0. The molecular weight excluding hydrogens is 168 g/mol. The highest BCUT2D eigenvalue weighted by molar-refractivity contribution is 4.77. The number of hydrazine groups is 1. The number of hydrogen-bond acceptors (Lipinski definition) is 4. The lowest BCUT2D eigenvalue weighted by atomic mass is 10.1. The fourth-order valence-corrected chi connectivity index (χ4v) is 1.66. The molecule has 0 amide bonds. The van der Waals surface area contributed by atoms with Crippen LogP contribution in [0.15, 0.2) is 5.29 Å². The zero-order valence-corrected chi connectivity index (χ0v) is 7.81. The second-order valence-corrected chi connectivity index (χ2v) is 3.28. The van der Waals surface area contributed by atoms with Gasteiger partial charge in [-0.2, -0.15) is 15.4 Å². The Morgan fingerprint density at radius 2 is 2.46 bits per heavy atom. The van der Waals surface area contributed by atoms with Crippen molar-refractivity contribution in [2.24, 2.45) is 5.29 Å². The average Bonchev–Trinajstić information content (AvgIpc) is 2.16. The molecule has 1 saturated heterocycles.